The largest absolute Gasteiger partial charge is 0.390 e. The number of morpholine rings is 1. The van der Waals surface area contributed by atoms with Gasteiger partial charge in [-0.3, -0.25) is 9.89 Å². The third-order valence-electron chi connectivity index (χ3n) is 5.23. The van der Waals surface area contributed by atoms with Crippen molar-refractivity contribution in [3.05, 3.63) is 0 Å². The molecule has 2 aliphatic rings. The van der Waals surface area contributed by atoms with Crippen molar-refractivity contribution >= 4 is 6.34 Å². The van der Waals surface area contributed by atoms with Crippen LogP contribution in [0.3, 0.4) is 0 Å². The molecular weight excluding hydrogens is 250 g/mol. The molecule has 0 bridgehead atoms. The van der Waals surface area contributed by atoms with Crippen LogP contribution in [-0.4, -0.2) is 49.6 Å². The van der Waals surface area contributed by atoms with Crippen molar-refractivity contribution in [1.82, 2.24) is 4.90 Å². The van der Waals surface area contributed by atoms with Crippen molar-refractivity contribution in [3.63, 3.8) is 0 Å². The van der Waals surface area contributed by atoms with Crippen molar-refractivity contribution in [2.24, 2.45) is 22.6 Å². The summed E-state index contributed by atoms with van der Waals surface area (Å²) in [6, 6.07) is 1.17. The minimum absolute atomic E-state index is 0.358. The predicted molar refractivity (Wildman–Crippen MR) is 84.1 cm³/mol. The van der Waals surface area contributed by atoms with Crippen molar-refractivity contribution in [3.8, 4) is 0 Å². The van der Waals surface area contributed by atoms with Crippen LogP contribution in [0.5, 0.6) is 0 Å². The van der Waals surface area contributed by atoms with E-state index in [1.807, 2.05) is 0 Å². The second-order valence-electron chi connectivity index (χ2n) is 6.57. The third kappa shape index (κ3) is 4.45. The molecule has 0 aromatic rings. The molecule has 1 aliphatic carbocycles. The van der Waals surface area contributed by atoms with Gasteiger partial charge in [-0.2, -0.15) is 0 Å². The lowest BCUT2D eigenvalue weighted by molar-refractivity contribution is 0.00402. The summed E-state index contributed by atoms with van der Waals surface area (Å²) in [5.74, 6) is 1.53. The van der Waals surface area contributed by atoms with E-state index in [2.05, 4.69) is 23.7 Å². The molecule has 0 spiro atoms. The van der Waals surface area contributed by atoms with E-state index < -0.39 is 0 Å². The topological polar surface area (TPSA) is 50.8 Å². The van der Waals surface area contributed by atoms with Crippen molar-refractivity contribution in [2.45, 2.75) is 58.0 Å². The van der Waals surface area contributed by atoms with Gasteiger partial charge in [0.25, 0.3) is 0 Å². The minimum atomic E-state index is 0.358. The molecular formula is C16H31N3O. The molecule has 0 aromatic carbocycles. The molecule has 1 heterocycles. The van der Waals surface area contributed by atoms with Gasteiger partial charge >= 0.3 is 0 Å². The van der Waals surface area contributed by atoms with Crippen molar-refractivity contribution < 1.29 is 4.74 Å². The Balaban J connectivity index is 1.71. The van der Waals surface area contributed by atoms with Crippen LogP contribution in [0.4, 0.5) is 0 Å². The minimum Gasteiger partial charge on any atom is -0.390 e. The van der Waals surface area contributed by atoms with Crippen LogP contribution in [0.1, 0.15) is 46.0 Å². The van der Waals surface area contributed by atoms with Crippen LogP contribution in [0.2, 0.25) is 0 Å². The lowest BCUT2D eigenvalue weighted by atomic mass is 9.79. The molecule has 2 fully saturated rings. The zero-order valence-corrected chi connectivity index (χ0v) is 13.1. The first-order valence-corrected chi connectivity index (χ1v) is 8.26. The smallest absolute Gasteiger partial charge is 0.0801 e. The quantitative estimate of drug-likeness (QED) is 0.621. The molecule has 1 saturated heterocycles. The molecule has 1 aliphatic heterocycles. The normalized spacial score (nSPS) is 32.3. The summed E-state index contributed by atoms with van der Waals surface area (Å²) in [5.41, 5.74) is 5.39. The zero-order chi connectivity index (χ0) is 14.4. The number of nitrogens with two attached hydrogens (primary N) is 1. The van der Waals surface area contributed by atoms with Gasteiger partial charge in [-0.05, 0) is 50.9 Å². The van der Waals surface area contributed by atoms with Gasteiger partial charge in [0.2, 0.25) is 0 Å². The standard InChI is InChI=1S/C16H31N3O/c1-13(14(2)18-12-17)11-15-3-5-16(6-4-15)19-7-9-20-10-8-19/h12-16H,3-11H2,1-2H3,(H2,17,18). The van der Waals surface area contributed by atoms with Gasteiger partial charge in [-0.1, -0.05) is 6.92 Å². The van der Waals surface area contributed by atoms with E-state index in [4.69, 9.17) is 10.5 Å². The molecule has 0 aromatic heterocycles. The third-order valence-corrected chi connectivity index (χ3v) is 5.23. The first-order chi connectivity index (χ1) is 9.70. The van der Waals surface area contributed by atoms with Gasteiger partial charge in [0.1, 0.15) is 0 Å². The fourth-order valence-electron chi connectivity index (χ4n) is 3.69. The molecule has 0 radical (unpaired) electrons. The Labute approximate surface area is 123 Å². The zero-order valence-electron chi connectivity index (χ0n) is 13.1. The van der Waals surface area contributed by atoms with Gasteiger partial charge in [-0.15, -0.1) is 0 Å². The number of ether oxygens (including phenoxy) is 1. The van der Waals surface area contributed by atoms with Gasteiger partial charge < -0.3 is 10.5 Å². The summed E-state index contributed by atoms with van der Waals surface area (Å²) < 4.78 is 5.45. The summed E-state index contributed by atoms with van der Waals surface area (Å²) in [6.07, 6.45) is 8.25. The molecule has 2 unspecified atom stereocenters. The maximum Gasteiger partial charge on any atom is 0.0801 e. The van der Waals surface area contributed by atoms with E-state index in [1.165, 1.54) is 38.4 Å². The number of nitrogens with zero attached hydrogens (tertiary/aromatic N) is 2. The van der Waals surface area contributed by atoms with Gasteiger partial charge in [0.05, 0.1) is 25.6 Å². The summed E-state index contributed by atoms with van der Waals surface area (Å²) in [6.45, 7) is 8.60. The Morgan fingerprint density at radius 3 is 2.45 bits per heavy atom. The monoisotopic (exact) mass is 281 g/mol. The van der Waals surface area contributed by atoms with Crippen LogP contribution in [0, 0.1) is 11.8 Å². The molecule has 20 heavy (non-hydrogen) atoms. The highest BCUT2D eigenvalue weighted by Crippen LogP contribution is 2.33. The van der Waals surface area contributed by atoms with Crippen LogP contribution < -0.4 is 5.73 Å². The van der Waals surface area contributed by atoms with E-state index in [0.29, 0.717) is 12.0 Å². The predicted octanol–water partition coefficient (Wildman–Crippen LogP) is 2.28. The summed E-state index contributed by atoms with van der Waals surface area (Å²) >= 11 is 0. The lowest BCUT2D eigenvalue weighted by Crippen LogP contribution is -2.45. The second-order valence-corrected chi connectivity index (χ2v) is 6.57. The average Bonchev–Trinajstić information content (AvgIpc) is 2.49. The maximum absolute atomic E-state index is 5.45. The Kier molecular flexibility index (Phi) is 6.30. The molecule has 2 N–H and O–H groups in total. The molecule has 0 amide bonds. The molecule has 2 rings (SSSR count). The molecule has 4 heteroatoms. The summed E-state index contributed by atoms with van der Waals surface area (Å²) in [5, 5.41) is 0. The van der Waals surface area contributed by atoms with Gasteiger partial charge in [0, 0.05) is 19.1 Å². The Hall–Kier alpha value is -0.610. The number of hydrogen-bond donors (Lipinski definition) is 1. The van der Waals surface area contributed by atoms with E-state index in [-0.39, 0.29) is 0 Å². The van der Waals surface area contributed by atoms with Gasteiger partial charge in [-0.25, -0.2) is 0 Å². The van der Waals surface area contributed by atoms with Crippen molar-refractivity contribution in [1.29, 1.82) is 0 Å². The fraction of sp³-hybridized carbons (Fsp3) is 0.938. The highest BCUT2D eigenvalue weighted by molar-refractivity contribution is 5.51. The maximum atomic E-state index is 5.45. The van der Waals surface area contributed by atoms with E-state index in [1.54, 1.807) is 0 Å². The fourth-order valence-corrected chi connectivity index (χ4v) is 3.69. The SMILES string of the molecule is CC(CC1CCC(N2CCOCC2)CC1)C(C)N=CN. The second kappa shape index (κ2) is 7.99. The molecule has 116 valence electrons. The Bertz CT molecular complexity index is 294. The van der Waals surface area contributed by atoms with Crippen molar-refractivity contribution in [2.75, 3.05) is 26.3 Å². The van der Waals surface area contributed by atoms with E-state index in [0.717, 1.165) is 38.3 Å². The Morgan fingerprint density at radius 1 is 1.20 bits per heavy atom. The Morgan fingerprint density at radius 2 is 1.85 bits per heavy atom. The number of rotatable bonds is 5. The highest BCUT2D eigenvalue weighted by atomic mass is 16.5. The molecule has 1 saturated carbocycles. The lowest BCUT2D eigenvalue weighted by Gasteiger charge is -2.39. The van der Waals surface area contributed by atoms with Crippen LogP contribution in [0.15, 0.2) is 4.99 Å². The van der Waals surface area contributed by atoms with Crippen LogP contribution in [0.25, 0.3) is 0 Å². The first-order valence-electron chi connectivity index (χ1n) is 8.26. The van der Waals surface area contributed by atoms with Crippen LogP contribution >= 0.6 is 0 Å². The first kappa shape index (κ1) is 15.8. The number of aliphatic imine (C=N–C) groups is 1. The summed E-state index contributed by atoms with van der Waals surface area (Å²) in [4.78, 5) is 6.95. The summed E-state index contributed by atoms with van der Waals surface area (Å²) in [7, 11) is 0. The molecule has 4 nitrogen and oxygen atoms in total. The van der Waals surface area contributed by atoms with E-state index in [9.17, 15) is 0 Å². The highest BCUT2D eigenvalue weighted by Gasteiger charge is 2.28. The average molecular weight is 281 g/mol. The number of hydrogen-bond acceptors (Lipinski definition) is 3. The van der Waals surface area contributed by atoms with E-state index >= 15 is 0 Å². The van der Waals surface area contributed by atoms with Gasteiger partial charge in [0.15, 0.2) is 0 Å². The van der Waals surface area contributed by atoms with Crippen LogP contribution in [-0.2, 0) is 4.74 Å². The molecule has 2 atom stereocenters.